The van der Waals surface area contributed by atoms with E-state index < -0.39 is 0 Å². The first kappa shape index (κ1) is 14.9. The van der Waals surface area contributed by atoms with Crippen LogP contribution in [0, 0.1) is 13.8 Å². The number of benzene rings is 1. The number of rotatable bonds is 5. The van der Waals surface area contributed by atoms with Crippen LogP contribution < -0.4 is 10.1 Å². The van der Waals surface area contributed by atoms with Crippen molar-refractivity contribution in [1.82, 2.24) is 5.32 Å². The van der Waals surface area contributed by atoms with Gasteiger partial charge in [-0.15, -0.1) is 0 Å². The summed E-state index contributed by atoms with van der Waals surface area (Å²) in [6.07, 6.45) is 5.60. The predicted molar refractivity (Wildman–Crippen MR) is 84.0 cm³/mol. The molecule has 2 nitrogen and oxygen atoms in total. The van der Waals surface area contributed by atoms with E-state index in [2.05, 4.69) is 54.2 Å². The maximum absolute atomic E-state index is 6.01. The highest BCUT2D eigenvalue weighted by molar-refractivity contribution is 9.10. The van der Waals surface area contributed by atoms with E-state index in [0.29, 0.717) is 6.04 Å². The first-order valence-corrected chi connectivity index (χ1v) is 8.02. The molecule has 2 rings (SSSR count). The molecular formula is C16H24BrNO. The molecule has 1 aliphatic carbocycles. The van der Waals surface area contributed by atoms with Crippen LogP contribution in [-0.4, -0.2) is 18.7 Å². The molecule has 1 N–H and O–H groups in total. The lowest BCUT2D eigenvalue weighted by Crippen LogP contribution is -2.35. The molecule has 1 aliphatic rings. The molecular weight excluding hydrogens is 302 g/mol. The first-order valence-electron chi connectivity index (χ1n) is 7.23. The molecule has 0 heterocycles. The molecule has 19 heavy (non-hydrogen) atoms. The number of hydrogen-bond donors (Lipinski definition) is 1. The summed E-state index contributed by atoms with van der Waals surface area (Å²) in [7, 11) is 0. The Bertz CT molecular complexity index is 404. The summed E-state index contributed by atoms with van der Waals surface area (Å²) in [6.45, 7) is 7.27. The van der Waals surface area contributed by atoms with Crippen LogP contribution in [0.3, 0.4) is 0 Å². The number of halogens is 1. The zero-order chi connectivity index (χ0) is 13.8. The van der Waals surface area contributed by atoms with Crippen LogP contribution in [0.4, 0.5) is 0 Å². The summed E-state index contributed by atoms with van der Waals surface area (Å²) < 4.78 is 7.18. The van der Waals surface area contributed by atoms with Crippen molar-refractivity contribution in [2.24, 2.45) is 0 Å². The van der Waals surface area contributed by atoms with Crippen molar-refractivity contribution in [3.05, 3.63) is 27.7 Å². The van der Waals surface area contributed by atoms with E-state index in [9.17, 15) is 0 Å². The highest BCUT2D eigenvalue weighted by atomic mass is 79.9. The second kappa shape index (κ2) is 6.76. The van der Waals surface area contributed by atoms with Crippen molar-refractivity contribution in [1.29, 1.82) is 0 Å². The van der Waals surface area contributed by atoms with Gasteiger partial charge in [-0.1, -0.05) is 28.8 Å². The van der Waals surface area contributed by atoms with Crippen LogP contribution in [0.5, 0.6) is 5.75 Å². The van der Waals surface area contributed by atoms with Gasteiger partial charge in [0, 0.05) is 17.1 Å². The quantitative estimate of drug-likeness (QED) is 0.868. The number of nitrogens with one attached hydrogen (secondary N) is 1. The normalized spacial score (nSPS) is 17.7. The molecule has 0 bridgehead atoms. The molecule has 1 saturated carbocycles. The molecule has 0 aromatic heterocycles. The highest BCUT2D eigenvalue weighted by Crippen LogP contribution is 2.27. The highest BCUT2D eigenvalue weighted by Gasteiger charge is 2.15. The molecule has 1 aromatic carbocycles. The summed E-state index contributed by atoms with van der Waals surface area (Å²) in [5, 5.41) is 3.61. The molecule has 0 radical (unpaired) electrons. The van der Waals surface area contributed by atoms with E-state index in [1.54, 1.807) is 0 Å². The zero-order valence-corrected chi connectivity index (χ0v) is 13.7. The Hall–Kier alpha value is -0.540. The lowest BCUT2D eigenvalue weighted by molar-refractivity contribution is 0.211. The monoisotopic (exact) mass is 325 g/mol. The van der Waals surface area contributed by atoms with Crippen LogP contribution in [0.15, 0.2) is 16.6 Å². The van der Waals surface area contributed by atoms with E-state index in [4.69, 9.17) is 4.74 Å². The maximum Gasteiger partial charge on any atom is 0.120 e. The number of ether oxygens (including phenoxy) is 1. The summed E-state index contributed by atoms with van der Waals surface area (Å²) in [5.41, 5.74) is 2.46. The van der Waals surface area contributed by atoms with Gasteiger partial charge >= 0.3 is 0 Å². The summed E-state index contributed by atoms with van der Waals surface area (Å²) in [5.74, 6) is 0.971. The van der Waals surface area contributed by atoms with Crippen LogP contribution in [-0.2, 0) is 0 Å². The van der Waals surface area contributed by atoms with Gasteiger partial charge in [-0.25, -0.2) is 0 Å². The summed E-state index contributed by atoms with van der Waals surface area (Å²) in [6, 6.07) is 4.91. The van der Waals surface area contributed by atoms with E-state index >= 15 is 0 Å². The van der Waals surface area contributed by atoms with Crippen LogP contribution >= 0.6 is 15.9 Å². The summed E-state index contributed by atoms with van der Waals surface area (Å²) in [4.78, 5) is 0. The Morgan fingerprint density at radius 1 is 1.26 bits per heavy atom. The van der Waals surface area contributed by atoms with Crippen molar-refractivity contribution in [3.8, 4) is 5.75 Å². The smallest absolute Gasteiger partial charge is 0.120 e. The van der Waals surface area contributed by atoms with Crippen LogP contribution in [0.1, 0.15) is 43.7 Å². The largest absolute Gasteiger partial charge is 0.489 e. The van der Waals surface area contributed by atoms with Gasteiger partial charge in [-0.3, -0.25) is 0 Å². The van der Waals surface area contributed by atoms with Crippen LogP contribution in [0.2, 0.25) is 0 Å². The molecule has 0 spiro atoms. The van der Waals surface area contributed by atoms with Crippen LogP contribution in [0.25, 0.3) is 0 Å². The Morgan fingerprint density at radius 3 is 2.42 bits per heavy atom. The number of aryl methyl sites for hydroxylation is 2. The molecule has 0 amide bonds. The molecule has 1 unspecified atom stereocenters. The van der Waals surface area contributed by atoms with Gasteiger partial charge in [0.15, 0.2) is 0 Å². The number of hydrogen-bond acceptors (Lipinski definition) is 2. The second-order valence-corrected chi connectivity index (χ2v) is 6.48. The van der Waals surface area contributed by atoms with Gasteiger partial charge in [0.2, 0.25) is 0 Å². The first-order chi connectivity index (χ1) is 9.06. The third-order valence-corrected chi connectivity index (χ3v) is 5.05. The van der Waals surface area contributed by atoms with E-state index in [0.717, 1.165) is 12.3 Å². The Morgan fingerprint density at radius 2 is 1.84 bits per heavy atom. The van der Waals surface area contributed by atoms with Crippen molar-refractivity contribution < 1.29 is 4.74 Å². The van der Waals surface area contributed by atoms with Gasteiger partial charge in [0.1, 0.15) is 11.9 Å². The zero-order valence-electron chi connectivity index (χ0n) is 12.1. The van der Waals surface area contributed by atoms with Crippen molar-refractivity contribution in [2.75, 3.05) is 6.54 Å². The molecule has 0 saturated heterocycles. The molecule has 3 heteroatoms. The Kier molecular flexibility index (Phi) is 5.28. The van der Waals surface area contributed by atoms with Crippen molar-refractivity contribution in [3.63, 3.8) is 0 Å². The van der Waals surface area contributed by atoms with E-state index in [1.165, 1.54) is 41.3 Å². The topological polar surface area (TPSA) is 21.3 Å². The fourth-order valence-corrected chi connectivity index (χ4v) is 2.94. The maximum atomic E-state index is 6.01. The SMILES string of the molecule is Cc1cc(OC(C)CNC2CCCC2)cc(C)c1Br. The minimum absolute atomic E-state index is 0.209. The van der Waals surface area contributed by atoms with Gasteiger partial charge < -0.3 is 10.1 Å². The average Bonchev–Trinajstić information content (AvgIpc) is 2.86. The van der Waals surface area contributed by atoms with Gasteiger partial charge in [-0.2, -0.15) is 0 Å². The van der Waals surface area contributed by atoms with Gasteiger partial charge in [0.05, 0.1) is 0 Å². The lowest BCUT2D eigenvalue weighted by Gasteiger charge is -2.19. The predicted octanol–water partition coefficient (Wildman–Crippen LogP) is 4.37. The summed E-state index contributed by atoms with van der Waals surface area (Å²) >= 11 is 3.59. The molecule has 0 aliphatic heterocycles. The lowest BCUT2D eigenvalue weighted by atomic mass is 10.1. The minimum atomic E-state index is 0.209. The van der Waals surface area contributed by atoms with E-state index in [-0.39, 0.29) is 6.10 Å². The second-order valence-electron chi connectivity index (χ2n) is 5.69. The standard InChI is InChI=1S/C16H24BrNO/c1-11-8-15(9-12(2)16(11)17)19-13(3)10-18-14-6-4-5-7-14/h8-9,13-14,18H,4-7,10H2,1-3H3. The molecule has 1 aromatic rings. The fraction of sp³-hybridized carbons (Fsp3) is 0.625. The molecule has 1 fully saturated rings. The van der Waals surface area contributed by atoms with Gasteiger partial charge in [0.25, 0.3) is 0 Å². The average molecular weight is 326 g/mol. The van der Waals surface area contributed by atoms with E-state index in [1.807, 2.05) is 0 Å². The van der Waals surface area contributed by atoms with Gasteiger partial charge in [-0.05, 0) is 56.9 Å². The van der Waals surface area contributed by atoms with Crippen molar-refractivity contribution >= 4 is 15.9 Å². The fourth-order valence-electron chi connectivity index (χ4n) is 2.71. The Labute approximate surface area is 125 Å². The Balaban J connectivity index is 1.85. The third kappa shape index (κ3) is 4.22. The molecule has 1 atom stereocenters. The molecule has 106 valence electrons. The third-order valence-electron chi connectivity index (χ3n) is 3.80. The minimum Gasteiger partial charge on any atom is -0.489 e. The van der Waals surface area contributed by atoms with Crippen molar-refractivity contribution in [2.45, 2.75) is 58.6 Å².